The van der Waals surface area contributed by atoms with Gasteiger partial charge in [-0.3, -0.25) is 14.5 Å². The maximum atomic E-state index is 12.7. The van der Waals surface area contributed by atoms with Crippen molar-refractivity contribution < 1.29 is 9.59 Å². The molecule has 1 aliphatic rings. The monoisotopic (exact) mass is 416 g/mol. The van der Waals surface area contributed by atoms with E-state index >= 15 is 0 Å². The Morgan fingerprint density at radius 3 is 2.37 bits per heavy atom. The Hall–Kier alpha value is -3.05. The number of carbonyl (C=O) groups is 2. The smallest absolute Gasteiger partial charge is 0.255 e. The molecule has 3 aromatic rings. The third-order valence-electron chi connectivity index (χ3n) is 5.47. The first-order valence-corrected chi connectivity index (χ1v) is 11.0. The minimum Gasteiger partial charge on any atom is -0.322 e. The number of hydrogen-bond donors (Lipinski definition) is 1. The fourth-order valence-electron chi connectivity index (χ4n) is 3.57. The van der Waals surface area contributed by atoms with Gasteiger partial charge in [0.05, 0.1) is 5.75 Å². The predicted molar refractivity (Wildman–Crippen MR) is 124 cm³/mol. The standard InChI is InChI=1S/C25H24N2O2S/c1-16-7-9-19(10-8-16)24(29)26-21-13-11-20(12-14-21)25-27(23(28)15-30-25)22-6-4-5-17(2)18(22)3/h4-14,25H,15H2,1-3H3,(H,26,29)/t25-/m0/s1. The van der Waals surface area contributed by atoms with Crippen LogP contribution in [0.5, 0.6) is 0 Å². The molecule has 30 heavy (non-hydrogen) atoms. The first kappa shape index (κ1) is 20.2. The third kappa shape index (κ3) is 3.98. The first-order valence-electron chi connectivity index (χ1n) is 9.92. The molecule has 1 heterocycles. The van der Waals surface area contributed by atoms with Gasteiger partial charge in [0.2, 0.25) is 5.91 Å². The normalized spacial score (nSPS) is 16.0. The Labute approximate surface area is 181 Å². The lowest BCUT2D eigenvalue weighted by molar-refractivity contribution is -0.115. The van der Waals surface area contributed by atoms with Crippen LogP contribution in [0, 0.1) is 20.8 Å². The molecule has 0 aromatic heterocycles. The van der Waals surface area contributed by atoms with Crippen molar-refractivity contribution in [3.63, 3.8) is 0 Å². The lowest BCUT2D eigenvalue weighted by atomic mass is 10.1. The number of amides is 2. The summed E-state index contributed by atoms with van der Waals surface area (Å²) in [6.07, 6.45) is 0. The molecule has 1 saturated heterocycles. The maximum absolute atomic E-state index is 12.7. The molecule has 1 aliphatic heterocycles. The molecule has 152 valence electrons. The van der Waals surface area contributed by atoms with Crippen molar-refractivity contribution in [1.82, 2.24) is 0 Å². The highest BCUT2D eigenvalue weighted by molar-refractivity contribution is 8.00. The van der Waals surface area contributed by atoms with E-state index in [1.807, 2.05) is 72.5 Å². The summed E-state index contributed by atoms with van der Waals surface area (Å²) in [5.41, 5.74) is 6.78. The summed E-state index contributed by atoms with van der Waals surface area (Å²) in [7, 11) is 0. The summed E-state index contributed by atoms with van der Waals surface area (Å²) >= 11 is 1.63. The van der Waals surface area contributed by atoms with E-state index in [4.69, 9.17) is 0 Å². The van der Waals surface area contributed by atoms with Gasteiger partial charge in [0.1, 0.15) is 5.37 Å². The molecule has 1 N–H and O–H groups in total. The van der Waals surface area contributed by atoms with Crippen molar-refractivity contribution in [3.05, 3.63) is 94.5 Å². The van der Waals surface area contributed by atoms with Crippen LogP contribution in [0.4, 0.5) is 11.4 Å². The van der Waals surface area contributed by atoms with Gasteiger partial charge in [0.25, 0.3) is 5.91 Å². The Balaban J connectivity index is 1.54. The Kier molecular flexibility index (Phi) is 5.64. The van der Waals surface area contributed by atoms with E-state index in [1.54, 1.807) is 11.8 Å². The van der Waals surface area contributed by atoms with Crippen molar-refractivity contribution in [2.45, 2.75) is 26.1 Å². The third-order valence-corrected chi connectivity index (χ3v) is 6.68. The molecular formula is C25H24N2O2S. The van der Waals surface area contributed by atoms with Gasteiger partial charge in [-0.1, -0.05) is 42.0 Å². The van der Waals surface area contributed by atoms with Crippen LogP contribution in [-0.4, -0.2) is 17.6 Å². The second-order valence-electron chi connectivity index (χ2n) is 7.59. The molecular weight excluding hydrogens is 392 g/mol. The van der Waals surface area contributed by atoms with Crippen molar-refractivity contribution >= 4 is 35.0 Å². The summed E-state index contributed by atoms with van der Waals surface area (Å²) in [4.78, 5) is 27.0. The second kappa shape index (κ2) is 8.36. The highest BCUT2D eigenvalue weighted by Gasteiger charge is 2.34. The largest absolute Gasteiger partial charge is 0.322 e. The van der Waals surface area contributed by atoms with Gasteiger partial charge in [0.15, 0.2) is 0 Å². The zero-order chi connectivity index (χ0) is 21.3. The van der Waals surface area contributed by atoms with Gasteiger partial charge in [-0.05, 0) is 67.8 Å². The van der Waals surface area contributed by atoms with Crippen LogP contribution in [0.1, 0.15) is 38.0 Å². The van der Waals surface area contributed by atoms with Crippen molar-refractivity contribution in [2.24, 2.45) is 0 Å². The highest BCUT2D eigenvalue weighted by Crippen LogP contribution is 2.43. The maximum Gasteiger partial charge on any atom is 0.255 e. The summed E-state index contributed by atoms with van der Waals surface area (Å²) in [6.45, 7) is 6.11. The molecule has 0 aliphatic carbocycles. The fraction of sp³-hybridized carbons (Fsp3) is 0.200. The summed E-state index contributed by atoms with van der Waals surface area (Å²) < 4.78 is 0. The van der Waals surface area contributed by atoms with Crippen molar-refractivity contribution in [3.8, 4) is 0 Å². The van der Waals surface area contributed by atoms with Gasteiger partial charge in [-0.2, -0.15) is 0 Å². The average Bonchev–Trinajstić information content (AvgIpc) is 3.12. The van der Waals surface area contributed by atoms with E-state index in [-0.39, 0.29) is 17.2 Å². The number of hydrogen-bond acceptors (Lipinski definition) is 3. The molecule has 2 amide bonds. The summed E-state index contributed by atoms with van der Waals surface area (Å²) in [5.74, 6) is 0.449. The number of thioether (sulfide) groups is 1. The fourth-order valence-corrected chi connectivity index (χ4v) is 4.74. The Morgan fingerprint density at radius 1 is 0.967 bits per heavy atom. The van der Waals surface area contributed by atoms with Crippen molar-refractivity contribution in [2.75, 3.05) is 16.0 Å². The minimum atomic E-state index is -0.134. The van der Waals surface area contributed by atoms with Crippen LogP contribution in [-0.2, 0) is 4.79 Å². The number of anilines is 2. The molecule has 0 bridgehead atoms. The molecule has 1 fully saturated rings. The molecule has 0 radical (unpaired) electrons. The second-order valence-corrected chi connectivity index (χ2v) is 8.66. The first-order chi connectivity index (χ1) is 14.4. The van der Waals surface area contributed by atoms with Crippen molar-refractivity contribution in [1.29, 1.82) is 0 Å². The van der Waals surface area contributed by atoms with E-state index in [1.165, 1.54) is 5.56 Å². The summed E-state index contributed by atoms with van der Waals surface area (Å²) in [5, 5.41) is 2.87. The number of rotatable bonds is 4. The molecule has 4 nitrogen and oxygen atoms in total. The SMILES string of the molecule is Cc1ccc(C(=O)Nc2ccc([C@@H]3SCC(=O)N3c3cccc(C)c3C)cc2)cc1. The van der Waals surface area contributed by atoms with Gasteiger partial charge in [0, 0.05) is 16.9 Å². The molecule has 5 heteroatoms. The molecule has 4 rings (SSSR count). The predicted octanol–water partition coefficient (Wildman–Crippen LogP) is 5.64. The Bertz CT molecular complexity index is 1090. The zero-order valence-electron chi connectivity index (χ0n) is 17.3. The van der Waals surface area contributed by atoms with Crippen LogP contribution in [0.2, 0.25) is 0 Å². The van der Waals surface area contributed by atoms with Crippen LogP contribution >= 0.6 is 11.8 Å². The minimum absolute atomic E-state index is 0.0696. The number of aryl methyl sites for hydroxylation is 2. The number of nitrogens with zero attached hydrogens (tertiary/aromatic N) is 1. The molecule has 0 unspecified atom stereocenters. The van der Waals surface area contributed by atoms with E-state index in [0.717, 1.165) is 28.1 Å². The van der Waals surface area contributed by atoms with Gasteiger partial charge in [-0.15, -0.1) is 11.8 Å². The van der Waals surface area contributed by atoms with E-state index < -0.39 is 0 Å². The lowest BCUT2D eigenvalue weighted by Crippen LogP contribution is -2.28. The zero-order valence-corrected chi connectivity index (χ0v) is 18.1. The number of nitrogens with one attached hydrogen (secondary N) is 1. The number of carbonyl (C=O) groups excluding carboxylic acids is 2. The van der Waals surface area contributed by atoms with Crippen LogP contribution in [0.15, 0.2) is 66.7 Å². The lowest BCUT2D eigenvalue weighted by Gasteiger charge is -2.26. The Morgan fingerprint density at radius 2 is 1.67 bits per heavy atom. The van der Waals surface area contributed by atoms with Gasteiger partial charge in [-0.25, -0.2) is 0 Å². The molecule has 3 aromatic carbocycles. The van der Waals surface area contributed by atoms with Gasteiger partial charge >= 0.3 is 0 Å². The number of benzene rings is 3. The summed E-state index contributed by atoms with van der Waals surface area (Å²) in [6, 6.07) is 21.3. The van der Waals surface area contributed by atoms with E-state index in [2.05, 4.69) is 25.2 Å². The van der Waals surface area contributed by atoms with Crippen LogP contribution < -0.4 is 10.2 Å². The molecule has 0 spiro atoms. The van der Waals surface area contributed by atoms with Gasteiger partial charge < -0.3 is 5.32 Å². The average molecular weight is 417 g/mol. The van der Waals surface area contributed by atoms with E-state index in [9.17, 15) is 9.59 Å². The molecule has 1 atom stereocenters. The quantitative estimate of drug-likeness (QED) is 0.598. The van der Waals surface area contributed by atoms with Crippen LogP contribution in [0.25, 0.3) is 0 Å². The van der Waals surface area contributed by atoms with E-state index in [0.29, 0.717) is 11.3 Å². The molecule has 0 saturated carbocycles. The topological polar surface area (TPSA) is 49.4 Å². The van der Waals surface area contributed by atoms with Crippen LogP contribution in [0.3, 0.4) is 0 Å². The highest BCUT2D eigenvalue weighted by atomic mass is 32.2.